The molecule has 3 nitrogen and oxygen atoms in total. The van der Waals surface area contributed by atoms with Crippen LogP contribution in [0.5, 0.6) is 0 Å². The SMILES string of the molecule is C[C@H](N)C(=O)OS1=CCCS1. The molecule has 1 aliphatic heterocycles. The van der Waals surface area contributed by atoms with E-state index in [1.807, 2.05) is 5.37 Å². The fourth-order valence-corrected chi connectivity index (χ4v) is 3.61. The molecule has 0 aliphatic carbocycles. The number of hydrogen-bond acceptors (Lipinski definition) is 4. The topological polar surface area (TPSA) is 52.3 Å². The van der Waals surface area contributed by atoms with Crippen molar-refractivity contribution in [2.75, 3.05) is 5.75 Å². The Morgan fingerprint density at radius 2 is 2.64 bits per heavy atom. The second-order valence-electron chi connectivity index (χ2n) is 2.23. The molecule has 64 valence electrons. The Balaban J connectivity index is 2.35. The number of hydrogen-bond donors (Lipinski definition) is 1. The first-order valence-electron chi connectivity index (χ1n) is 3.37. The van der Waals surface area contributed by atoms with Crippen molar-refractivity contribution >= 4 is 31.9 Å². The van der Waals surface area contributed by atoms with Gasteiger partial charge >= 0.3 is 5.97 Å². The van der Waals surface area contributed by atoms with E-state index in [0.717, 1.165) is 12.2 Å². The van der Waals surface area contributed by atoms with Crippen LogP contribution < -0.4 is 5.73 Å². The second kappa shape index (κ2) is 4.13. The lowest BCUT2D eigenvalue weighted by molar-refractivity contribution is -0.133. The fraction of sp³-hybridized carbons (Fsp3) is 0.667. The number of carbonyl (C=O) groups excluding carboxylic acids is 1. The van der Waals surface area contributed by atoms with Gasteiger partial charge in [-0.05, 0) is 18.7 Å². The molecule has 11 heavy (non-hydrogen) atoms. The first kappa shape index (κ1) is 9.09. The van der Waals surface area contributed by atoms with Crippen molar-refractivity contribution in [3.63, 3.8) is 0 Å². The Bertz CT molecular complexity index is 191. The lowest BCUT2D eigenvalue weighted by atomic mass is 10.4. The molecule has 1 aliphatic rings. The zero-order chi connectivity index (χ0) is 8.27. The normalized spacial score (nSPS) is 25.8. The third kappa shape index (κ3) is 2.84. The summed E-state index contributed by atoms with van der Waals surface area (Å²) in [5.41, 5.74) is 5.32. The van der Waals surface area contributed by atoms with Crippen LogP contribution in [0.3, 0.4) is 0 Å². The van der Waals surface area contributed by atoms with Crippen molar-refractivity contribution < 1.29 is 8.98 Å². The van der Waals surface area contributed by atoms with E-state index in [2.05, 4.69) is 0 Å². The maximum atomic E-state index is 10.9. The van der Waals surface area contributed by atoms with Crippen LogP contribution in [0.4, 0.5) is 0 Å². The Kier molecular flexibility index (Phi) is 3.42. The van der Waals surface area contributed by atoms with Gasteiger partial charge in [0.1, 0.15) is 6.04 Å². The summed E-state index contributed by atoms with van der Waals surface area (Å²) < 4.78 is 5.04. The highest BCUT2D eigenvalue weighted by Gasteiger charge is 2.13. The second-order valence-corrected chi connectivity index (χ2v) is 5.59. The Hall–Kier alpha value is -0.000000000000000111. The van der Waals surface area contributed by atoms with Gasteiger partial charge in [0.05, 0.1) is 9.80 Å². The lowest BCUT2D eigenvalue weighted by Crippen LogP contribution is -2.27. The van der Waals surface area contributed by atoms with E-state index in [0.29, 0.717) is 0 Å². The number of rotatable bonds is 2. The van der Waals surface area contributed by atoms with E-state index in [1.54, 1.807) is 17.7 Å². The van der Waals surface area contributed by atoms with Gasteiger partial charge in [-0.3, -0.25) is 0 Å². The van der Waals surface area contributed by atoms with Crippen LogP contribution in [0.1, 0.15) is 13.3 Å². The molecule has 1 rings (SSSR count). The van der Waals surface area contributed by atoms with Crippen molar-refractivity contribution in [3.8, 4) is 0 Å². The largest absolute Gasteiger partial charge is 0.388 e. The van der Waals surface area contributed by atoms with Gasteiger partial charge in [0.2, 0.25) is 0 Å². The highest BCUT2D eigenvalue weighted by Crippen LogP contribution is 2.36. The standard InChI is InChI=1S/C6H11NO2S2/c1-5(7)6(8)9-11-4-2-3-10-11/h4-5H,2-3,7H2,1H3/t5-,11?/m0/s1. The third-order valence-corrected chi connectivity index (χ3v) is 4.39. The van der Waals surface area contributed by atoms with Crippen molar-refractivity contribution in [3.05, 3.63) is 0 Å². The molecule has 5 heteroatoms. The molecule has 0 amide bonds. The summed E-state index contributed by atoms with van der Waals surface area (Å²) in [6.45, 7) is 1.63. The predicted octanol–water partition coefficient (Wildman–Crippen LogP) is 0.915. The highest BCUT2D eigenvalue weighted by molar-refractivity contribution is 8.82. The van der Waals surface area contributed by atoms with Gasteiger partial charge in [-0.1, -0.05) is 10.8 Å². The zero-order valence-electron chi connectivity index (χ0n) is 6.28. The quantitative estimate of drug-likeness (QED) is 0.523. The van der Waals surface area contributed by atoms with E-state index in [4.69, 9.17) is 9.92 Å². The highest BCUT2D eigenvalue weighted by atomic mass is 33.1. The summed E-state index contributed by atoms with van der Waals surface area (Å²) in [4.78, 5) is 10.9. The monoisotopic (exact) mass is 193 g/mol. The minimum Gasteiger partial charge on any atom is -0.388 e. The summed E-state index contributed by atoms with van der Waals surface area (Å²) in [7, 11) is 1.35. The minimum absolute atomic E-state index is 0.306. The van der Waals surface area contributed by atoms with Gasteiger partial charge in [-0.2, -0.15) is 0 Å². The van der Waals surface area contributed by atoms with E-state index in [-0.39, 0.29) is 15.8 Å². The van der Waals surface area contributed by atoms with Gasteiger partial charge in [-0.25, -0.2) is 4.79 Å². The molecule has 0 fully saturated rings. The Morgan fingerprint density at radius 3 is 3.09 bits per heavy atom. The van der Waals surface area contributed by atoms with Crippen LogP contribution in [0.2, 0.25) is 0 Å². The van der Waals surface area contributed by atoms with Gasteiger partial charge in [0.25, 0.3) is 0 Å². The number of carbonyl (C=O) groups is 1. The summed E-state index contributed by atoms with van der Waals surface area (Å²) >= 11 is 0. The molecule has 0 saturated carbocycles. The Morgan fingerprint density at radius 1 is 1.91 bits per heavy atom. The van der Waals surface area contributed by atoms with Crippen LogP contribution in [-0.2, 0) is 8.98 Å². The first-order chi connectivity index (χ1) is 5.20. The molecule has 0 aromatic heterocycles. The van der Waals surface area contributed by atoms with Crippen LogP contribution in [0, 0.1) is 0 Å². The average Bonchev–Trinajstić information content (AvgIpc) is 2.39. The smallest absolute Gasteiger partial charge is 0.334 e. The maximum absolute atomic E-state index is 10.9. The van der Waals surface area contributed by atoms with Crippen LogP contribution in [-0.4, -0.2) is 23.1 Å². The molecule has 0 spiro atoms. The van der Waals surface area contributed by atoms with Crippen LogP contribution in [0.15, 0.2) is 0 Å². The van der Waals surface area contributed by atoms with Gasteiger partial charge in [0.15, 0.2) is 0 Å². The molecule has 0 aromatic rings. The van der Waals surface area contributed by atoms with E-state index < -0.39 is 6.04 Å². The number of nitrogens with two attached hydrogens (primary N) is 1. The summed E-state index contributed by atoms with van der Waals surface area (Å²) in [6, 6.07) is -0.503. The van der Waals surface area contributed by atoms with Gasteiger partial charge < -0.3 is 9.92 Å². The van der Waals surface area contributed by atoms with Crippen LogP contribution in [0.25, 0.3) is 0 Å². The summed E-state index contributed by atoms with van der Waals surface area (Å²) in [5.74, 6) is 0.744. The molecule has 0 saturated heterocycles. The maximum Gasteiger partial charge on any atom is 0.334 e. The molecular formula is C6H11NO2S2. The average molecular weight is 193 g/mol. The third-order valence-electron chi connectivity index (χ3n) is 1.11. The molecule has 0 bridgehead atoms. The van der Waals surface area contributed by atoms with Gasteiger partial charge in [0, 0.05) is 5.75 Å². The molecule has 0 radical (unpaired) electrons. The van der Waals surface area contributed by atoms with Crippen molar-refractivity contribution in [1.29, 1.82) is 0 Å². The molecule has 1 heterocycles. The summed E-state index contributed by atoms with van der Waals surface area (Å²) in [6.07, 6.45) is 1.03. The van der Waals surface area contributed by atoms with Crippen molar-refractivity contribution in [1.82, 2.24) is 0 Å². The van der Waals surface area contributed by atoms with E-state index in [1.165, 1.54) is 0 Å². The predicted molar refractivity (Wildman–Crippen MR) is 50.5 cm³/mol. The Labute approximate surface area is 72.2 Å². The molecule has 1 unspecified atom stereocenters. The lowest BCUT2D eigenvalue weighted by Gasteiger charge is -2.06. The van der Waals surface area contributed by atoms with Crippen LogP contribution >= 0.6 is 20.6 Å². The van der Waals surface area contributed by atoms with Crippen molar-refractivity contribution in [2.24, 2.45) is 5.73 Å². The van der Waals surface area contributed by atoms with E-state index >= 15 is 0 Å². The molecular weight excluding hydrogens is 182 g/mol. The zero-order valence-corrected chi connectivity index (χ0v) is 7.91. The molecule has 0 aromatic carbocycles. The van der Waals surface area contributed by atoms with Crippen molar-refractivity contribution in [2.45, 2.75) is 19.4 Å². The van der Waals surface area contributed by atoms with Gasteiger partial charge in [-0.15, -0.1) is 0 Å². The molecule has 2 N–H and O–H groups in total. The summed E-state index contributed by atoms with van der Waals surface area (Å²) in [5, 5.41) is 2.02. The molecule has 2 atom stereocenters. The van der Waals surface area contributed by atoms with E-state index in [9.17, 15) is 4.79 Å². The minimum atomic E-state index is -0.503. The fourth-order valence-electron chi connectivity index (χ4n) is 0.538. The first-order valence-corrected chi connectivity index (χ1v) is 6.09.